The lowest BCUT2D eigenvalue weighted by molar-refractivity contribution is -0.669. The first-order valence-electron chi connectivity index (χ1n) is 3.46. The molecule has 0 aromatic rings. The van der Waals surface area contributed by atoms with Crippen LogP contribution in [0.4, 0.5) is 0 Å². The number of rotatable bonds is 1. The smallest absolute Gasteiger partial charge is 0.176 e. The normalized spacial score (nSPS) is 20.2. The molecule has 1 aliphatic rings. The van der Waals surface area contributed by atoms with Gasteiger partial charge in [-0.3, -0.25) is 0 Å². The molecule has 1 fully saturated rings. The molecule has 5 nitrogen and oxygen atoms in total. The molecule has 0 amide bonds. The summed E-state index contributed by atoms with van der Waals surface area (Å²) in [5.41, 5.74) is 2.72. The molecule has 58 valence electrons. The van der Waals surface area contributed by atoms with Crippen molar-refractivity contribution in [3.8, 4) is 0 Å². The molecule has 1 aliphatic heterocycles. The van der Waals surface area contributed by atoms with E-state index in [4.69, 9.17) is 0 Å². The number of nitrogens with one attached hydrogen (secondary N) is 1. The minimum atomic E-state index is -0.397. The van der Waals surface area contributed by atoms with Crippen molar-refractivity contribution in [1.82, 2.24) is 10.5 Å². The molecule has 0 spiro atoms. The highest BCUT2D eigenvalue weighted by Crippen LogP contribution is 2.00. The fraction of sp³-hybridized carbons (Fsp3) is 1.00. The molecule has 0 saturated carbocycles. The van der Waals surface area contributed by atoms with Crippen molar-refractivity contribution in [2.45, 2.75) is 19.3 Å². The Kier molecular flexibility index (Phi) is 2.44. The maximum absolute atomic E-state index is 10.2. The first kappa shape index (κ1) is 7.27. The summed E-state index contributed by atoms with van der Waals surface area (Å²) in [6, 6.07) is 0. The molecule has 0 atom stereocenters. The molecule has 0 aromatic heterocycles. The lowest BCUT2D eigenvalue weighted by Gasteiger charge is -2.09. The number of nitrogens with zero attached hydrogens (tertiary/aromatic N) is 2. The molecule has 1 heterocycles. The van der Waals surface area contributed by atoms with E-state index in [0.717, 1.165) is 30.9 Å². The molecular formula is C5H11N3O2. The van der Waals surface area contributed by atoms with Crippen molar-refractivity contribution in [3.63, 3.8) is 0 Å². The Morgan fingerprint density at radius 3 is 2.90 bits per heavy atom. The maximum Gasteiger partial charge on any atom is 0.176 e. The minimum Gasteiger partial charge on any atom is -0.233 e. The predicted molar refractivity (Wildman–Crippen MR) is 35.6 cm³/mol. The summed E-state index contributed by atoms with van der Waals surface area (Å²) < 4.78 is 0. The molecule has 0 unspecified atom stereocenters. The highest BCUT2D eigenvalue weighted by molar-refractivity contribution is 4.51. The molecule has 5 heteroatoms. The zero-order chi connectivity index (χ0) is 7.40. The summed E-state index contributed by atoms with van der Waals surface area (Å²) in [6.07, 6.45) is 3.02. The first-order valence-corrected chi connectivity index (χ1v) is 3.46. The minimum absolute atomic E-state index is 0.397. The molecule has 0 aliphatic carbocycles. The van der Waals surface area contributed by atoms with E-state index in [2.05, 4.69) is 5.43 Å². The van der Waals surface area contributed by atoms with Crippen LogP contribution in [-0.2, 0) is 0 Å². The van der Waals surface area contributed by atoms with Crippen molar-refractivity contribution in [2.75, 3.05) is 13.1 Å². The lowest BCUT2D eigenvalue weighted by atomic mass is 10.2. The number of hydrazine groups is 2. The average molecular weight is 145 g/mol. The largest absolute Gasteiger partial charge is 0.233 e. The summed E-state index contributed by atoms with van der Waals surface area (Å²) in [4.78, 5) is 10.2. The average Bonchev–Trinajstić information content (AvgIpc) is 2.12. The Bertz CT molecular complexity index is 120. The van der Waals surface area contributed by atoms with Crippen LogP contribution in [0.3, 0.4) is 0 Å². The Labute approximate surface area is 59.1 Å². The third-order valence-electron chi connectivity index (χ3n) is 1.54. The van der Waals surface area contributed by atoms with E-state index >= 15 is 0 Å². The van der Waals surface area contributed by atoms with E-state index < -0.39 is 5.03 Å². The van der Waals surface area contributed by atoms with Crippen LogP contribution < -0.4 is 5.43 Å². The van der Waals surface area contributed by atoms with Gasteiger partial charge in [0.15, 0.2) is 5.03 Å². The van der Waals surface area contributed by atoms with Crippen molar-refractivity contribution in [3.05, 3.63) is 10.1 Å². The van der Waals surface area contributed by atoms with Crippen molar-refractivity contribution < 1.29 is 5.03 Å². The third kappa shape index (κ3) is 1.84. The quantitative estimate of drug-likeness (QED) is 0.422. The molecule has 1 N–H and O–H groups in total. The Hall–Kier alpha value is -0.840. The van der Waals surface area contributed by atoms with Gasteiger partial charge in [0.25, 0.3) is 0 Å². The highest BCUT2D eigenvalue weighted by Gasteiger charge is 2.14. The van der Waals surface area contributed by atoms with Crippen LogP contribution in [0.25, 0.3) is 0 Å². The number of hydrogen-bond acceptors (Lipinski definition) is 3. The molecule has 0 bridgehead atoms. The van der Waals surface area contributed by atoms with Gasteiger partial charge in [-0.15, -0.1) is 0 Å². The second kappa shape index (κ2) is 3.36. The van der Waals surface area contributed by atoms with E-state index in [0.29, 0.717) is 6.54 Å². The summed E-state index contributed by atoms with van der Waals surface area (Å²) in [5.74, 6) is 0. The summed E-state index contributed by atoms with van der Waals surface area (Å²) in [5, 5.41) is 10.8. The Morgan fingerprint density at radius 1 is 1.40 bits per heavy atom. The molecule has 1 saturated heterocycles. The SMILES string of the molecule is O=[N+]([O-])N1CCCCCN1. The zero-order valence-electron chi connectivity index (χ0n) is 5.75. The van der Waals surface area contributed by atoms with Gasteiger partial charge in [-0.2, -0.15) is 5.43 Å². The Balaban J connectivity index is 2.35. The molecule has 10 heavy (non-hydrogen) atoms. The number of nitro groups is 1. The molecular weight excluding hydrogens is 134 g/mol. The van der Waals surface area contributed by atoms with Gasteiger partial charge in [-0.25, -0.2) is 10.1 Å². The fourth-order valence-electron chi connectivity index (χ4n) is 0.990. The van der Waals surface area contributed by atoms with Crippen LogP contribution in [0.2, 0.25) is 0 Å². The van der Waals surface area contributed by atoms with E-state index in [1.165, 1.54) is 0 Å². The lowest BCUT2D eigenvalue weighted by Crippen LogP contribution is -2.41. The number of hydrogen-bond donors (Lipinski definition) is 1. The van der Waals surface area contributed by atoms with E-state index in [9.17, 15) is 10.1 Å². The van der Waals surface area contributed by atoms with Crippen LogP contribution in [0.5, 0.6) is 0 Å². The summed E-state index contributed by atoms with van der Waals surface area (Å²) >= 11 is 0. The van der Waals surface area contributed by atoms with Crippen LogP contribution in [0.15, 0.2) is 0 Å². The third-order valence-corrected chi connectivity index (χ3v) is 1.54. The van der Waals surface area contributed by atoms with Gasteiger partial charge >= 0.3 is 0 Å². The van der Waals surface area contributed by atoms with Gasteiger partial charge < -0.3 is 0 Å². The van der Waals surface area contributed by atoms with Crippen molar-refractivity contribution in [1.29, 1.82) is 0 Å². The molecule has 0 aromatic carbocycles. The van der Waals surface area contributed by atoms with Crippen LogP contribution in [0.1, 0.15) is 19.3 Å². The second-order valence-electron chi connectivity index (χ2n) is 2.33. The second-order valence-corrected chi connectivity index (χ2v) is 2.33. The van der Waals surface area contributed by atoms with Crippen LogP contribution in [0, 0.1) is 10.1 Å². The van der Waals surface area contributed by atoms with Crippen LogP contribution in [-0.4, -0.2) is 23.2 Å². The highest BCUT2D eigenvalue weighted by atomic mass is 16.7. The summed E-state index contributed by atoms with van der Waals surface area (Å²) in [6.45, 7) is 1.24. The van der Waals surface area contributed by atoms with Crippen molar-refractivity contribution in [2.24, 2.45) is 0 Å². The van der Waals surface area contributed by atoms with Gasteiger partial charge in [0.2, 0.25) is 0 Å². The van der Waals surface area contributed by atoms with Gasteiger partial charge in [-0.05, 0) is 12.8 Å². The van der Waals surface area contributed by atoms with Gasteiger partial charge in [0.05, 0.1) is 6.54 Å². The van der Waals surface area contributed by atoms with Crippen molar-refractivity contribution >= 4 is 0 Å². The summed E-state index contributed by atoms with van der Waals surface area (Å²) in [7, 11) is 0. The molecule has 0 radical (unpaired) electrons. The zero-order valence-corrected chi connectivity index (χ0v) is 5.75. The van der Waals surface area contributed by atoms with E-state index in [-0.39, 0.29) is 0 Å². The van der Waals surface area contributed by atoms with Gasteiger partial charge in [0.1, 0.15) is 0 Å². The molecule has 1 rings (SSSR count). The predicted octanol–water partition coefficient (Wildman–Crippen LogP) is 0.169. The Morgan fingerprint density at radius 2 is 2.20 bits per heavy atom. The van der Waals surface area contributed by atoms with Gasteiger partial charge in [0, 0.05) is 6.54 Å². The van der Waals surface area contributed by atoms with E-state index in [1.54, 1.807) is 0 Å². The standard InChI is InChI=1S/C5H11N3O2/c9-8(10)7-5-3-1-2-4-6-7/h6H,1-5H2. The van der Waals surface area contributed by atoms with E-state index in [1.807, 2.05) is 0 Å². The monoisotopic (exact) mass is 145 g/mol. The topological polar surface area (TPSA) is 58.4 Å². The van der Waals surface area contributed by atoms with Gasteiger partial charge in [-0.1, -0.05) is 11.5 Å². The first-order chi connectivity index (χ1) is 4.80. The maximum atomic E-state index is 10.2. The van der Waals surface area contributed by atoms with Crippen LogP contribution >= 0.6 is 0 Å². The fourth-order valence-corrected chi connectivity index (χ4v) is 0.990.